The smallest absolute Gasteiger partial charge is 0.408 e. The number of hydrogen-bond donors (Lipinski definition) is 1. The molecular weight excluding hydrogens is 302 g/mol. The summed E-state index contributed by atoms with van der Waals surface area (Å²) in [6.07, 6.45) is -0.484. The van der Waals surface area contributed by atoms with Gasteiger partial charge in [0.2, 0.25) is 0 Å². The summed E-state index contributed by atoms with van der Waals surface area (Å²) in [6, 6.07) is 22.6. The van der Waals surface area contributed by atoms with Crippen LogP contribution in [0, 0.1) is 6.92 Å². The Labute approximate surface area is 141 Å². The summed E-state index contributed by atoms with van der Waals surface area (Å²) in [5, 5.41) is 2.88. The number of ether oxygens (including phenoxy) is 1. The van der Waals surface area contributed by atoms with Gasteiger partial charge in [0, 0.05) is 0 Å². The Bertz CT molecular complexity index is 781. The average Bonchev–Trinajstić information content (AvgIpc) is 3.05. The maximum atomic E-state index is 12.2. The second-order valence-corrected chi connectivity index (χ2v) is 5.50. The van der Waals surface area contributed by atoms with E-state index in [1.807, 2.05) is 79.7 Å². The molecule has 4 nitrogen and oxygen atoms in total. The Morgan fingerprint density at radius 1 is 1.00 bits per heavy atom. The van der Waals surface area contributed by atoms with Crippen LogP contribution in [0.5, 0.6) is 0 Å². The van der Waals surface area contributed by atoms with Gasteiger partial charge in [-0.25, -0.2) is 4.79 Å². The number of benzene rings is 2. The molecule has 0 spiro atoms. The molecule has 24 heavy (non-hydrogen) atoms. The van der Waals surface area contributed by atoms with Crippen molar-refractivity contribution in [3.05, 3.63) is 95.4 Å². The molecule has 2 aromatic carbocycles. The number of hydrogen-bond acceptors (Lipinski definition) is 3. The van der Waals surface area contributed by atoms with Gasteiger partial charge in [0.25, 0.3) is 0 Å². The molecule has 0 saturated heterocycles. The predicted molar refractivity (Wildman–Crippen MR) is 91.5 cm³/mol. The Kier molecular flexibility index (Phi) is 4.96. The molecule has 0 aliphatic heterocycles. The molecule has 4 heteroatoms. The minimum absolute atomic E-state index is 0.228. The molecule has 1 atom stereocenters. The third kappa shape index (κ3) is 4.04. The van der Waals surface area contributed by atoms with Crippen LogP contribution in [0.4, 0.5) is 4.79 Å². The van der Waals surface area contributed by atoms with Gasteiger partial charge in [-0.3, -0.25) is 0 Å². The second-order valence-electron chi connectivity index (χ2n) is 5.50. The van der Waals surface area contributed by atoms with Crippen molar-refractivity contribution >= 4 is 6.09 Å². The van der Waals surface area contributed by atoms with Gasteiger partial charge in [-0.05, 0) is 30.2 Å². The fourth-order valence-electron chi connectivity index (χ4n) is 2.46. The lowest BCUT2D eigenvalue weighted by Gasteiger charge is -2.17. The molecule has 3 rings (SSSR count). The van der Waals surface area contributed by atoms with Crippen LogP contribution in [-0.2, 0) is 11.3 Å². The minimum Gasteiger partial charge on any atom is -0.464 e. The zero-order chi connectivity index (χ0) is 16.8. The molecule has 0 bridgehead atoms. The van der Waals surface area contributed by atoms with E-state index in [1.54, 1.807) is 0 Å². The molecule has 0 aliphatic carbocycles. The molecule has 1 unspecified atom stereocenters. The molecule has 3 aromatic rings. The highest BCUT2D eigenvalue weighted by atomic mass is 16.5. The van der Waals surface area contributed by atoms with Gasteiger partial charge in [0.15, 0.2) is 0 Å². The fraction of sp³-hybridized carbons (Fsp3) is 0.150. The summed E-state index contributed by atoms with van der Waals surface area (Å²) in [6.45, 7) is 2.10. The van der Waals surface area contributed by atoms with Gasteiger partial charge in [0.1, 0.15) is 24.2 Å². The lowest BCUT2D eigenvalue weighted by Crippen LogP contribution is -2.29. The van der Waals surface area contributed by atoms with Crippen LogP contribution in [0.2, 0.25) is 0 Å². The normalized spacial score (nSPS) is 11.7. The lowest BCUT2D eigenvalue weighted by atomic mass is 10.1. The molecule has 122 valence electrons. The molecular formula is C20H19NO3. The van der Waals surface area contributed by atoms with E-state index in [0.717, 1.165) is 16.9 Å². The van der Waals surface area contributed by atoms with Gasteiger partial charge in [0.05, 0.1) is 0 Å². The van der Waals surface area contributed by atoms with Crippen LogP contribution in [0.15, 0.2) is 77.2 Å². The van der Waals surface area contributed by atoms with E-state index in [9.17, 15) is 4.79 Å². The van der Waals surface area contributed by atoms with E-state index in [0.29, 0.717) is 5.76 Å². The maximum Gasteiger partial charge on any atom is 0.408 e. The summed E-state index contributed by atoms with van der Waals surface area (Å²) in [4.78, 5) is 12.2. The van der Waals surface area contributed by atoms with E-state index in [-0.39, 0.29) is 12.6 Å². The highest BCUT2D eigenvalue weighted by molar-refractivity contribution is 5.68. The summed E-state index contributed by atoms with van der Waals surface area (Å²) >= 11 is 0. The van der Waals surface area contributed by atoms with E-state index in [2.05, 4.69) is 5.32 Å². The summed E-state index contributed by atoms with van der Waals surface area (Å²) in [5.74, 6) is 1.47. The summed E-state index contributed by atoms with van der Waals surface area (Å²) in [5.41, 5.74) is 1.88. The summed E-state index contributed by atoms with van der Waals surface area (Å²) < 4.78 is 11.0. The highest BCUT2D eigenvalue weighted by Crippen LogP contribution is 2.24. The Hall–Kier alpha value is -3.01. The lowest BCUT2D eigenvalue weighted by molar-refractivity contribution is 0.136. The van der Waals surface area contributed by atoms with Crippen LogP contribution in [0.1, 0.15) is 28.7 Å². The Morgan fingerprint density at radius 2 is 1.67 bits per heavy atom. The average molecular weight is 321 g/mol. The van der Waals surface area contributed by atoms with E-state index in [4.69, 9.17) is 9.15 Å². The van der Waals surface area contributed by atoms with E-state index >= 15 is 0 Å². The number of alkyl carbamates (subject to hydrolysis) is 1. The molecule has 1 N–H and O–H groups in total. The monoisotopic (exact) mass is 321 g/mol. The van der Waals surface area contributed by atoms with Crippen molar-refractivity contribution in [3.8, 4) is 0 Å². The first kappa shape index (κ1) is 15.9. The van der Waals surface area contributed by atoms with Crippen molar-refractivity contribution in [3.63, 3.8) is 0 Å². The van der Waals surface area contributed by atoms with Gasteiger partial charge in [-0.2, -0.15) is 0 Å². The van der Waals surface area contributed by atoms with Crippen molar-refractivity contribution in [2.45, 2.75) is 19.6 Å². The van der Waals surface area contributed by atoms with Gasteiger partial charge < -0.3 is 14.5 Å². The third-order valence-corrected chi connectivity index (χ3v) is 3.65. The molecule has 0 saturated carbocycles. The van der Waals surface area contributed by atoms with Crippen molar-refractivity contribution in [1.82, 2.24) is 5.32 Å². The number of carbonyl (C=O) groups is 1. The highest BCUT2D eigenvalue weighted by Gasteiger charge is 2.20. The Morgan fingerprint density at radius 3 is 2.29 bits per heavy atom. The van der Waals surface area contributed by atoms with Gasteiger partial charge in [-0.15, -0.1) is 0 Å². The fourth-order valence-corrected chi connectivity index (χ4v) is 2.46. The predicted octanol–water partition coefficient (Wildman–Crippen LogP) is 4.60. The summed E-state index contributed by atoms with van der Waals surface area (Å²) in [7, 11) is 0. The Balaban J connectivity index is 1.71. The molecule has 1 aromatic heterocycles. The van der Waals surface area contributed by atoms with Crippen LogP contribution < -0.4 is 5.32 Å². The molecule has 1 amide bonds. The van der Waals surface area contributed by atoms with Crippen LogP contribution in [0.3, 0.4) is 0 Å². The second kappa shape index (κ2) is 7.51. The largest absolute Gasteiger partial charge is 0.464 e. The standard InChI is InChI=1S/C20H19NO3/c1-15-12-13-18(24-15)19(17-10-6-3-7-11-17)21-20(22)23-14-16-8-4-2-5-9-16/h2-13,19H,14H2,1H3,(H,21,22). The SMILES string of the molecule is Cc1ccc(C(NC(=O)OCc2ccccc2)c2ccccc2)o1. The first-order valence-corrected chi connectivity index (χ1v) is 7.81. The topological polar surface area (TPSA) is 51.5 Å². The zero-order valence-electron chi connectivity index (χ0n) is 13.4. The van der Waals surface area contributed by atoms with E-state index < -0.39 is 6.09 Å². The number of amides is 1. The molecule has 0 radical (unpaired) electrons. The van der Waals surface area contributed by atoms with E-state index in [1.165, 1.54) is 0 Å². The minimum atomic E-state index is -0.484. The first-order chi connectivity index (χ1) is 11.7. The van der Waals surface area contributed by atoms with Gasteiger partial charge >= 0.3 is 6.09 Å². The van der Waals surface area contributed by atoms with Crippen LogP contribution in [-0.4, -0.2) is 6.09 Å². The number of nitrogens with one attached hydrogen (secondary N) is 1. The number of rotatable bonds is 5. The zero-order valence-corrected chi connectivity index (χ0v) is 13.4. The molecule has 0 aliphatic rings. The number of aryl methyl sites for hydroxylation is 1. The molecule has 1 heterocycles. The third-order valence-electron chi connectivity index (χ3n) is 3.65. The van der Waals surface area contributed by atoms with Gasteiger partial charge in [-0.1, -0.05) is 60.7 Å². The maximum absolute atomic E-state index is 12.2. The quantitative estimate of drug-likeness (QED) is 0.747. The van der Waals surface area contributed by atoms with Crippen molar-refractivity contribution in [1.29, 1.82) is 0 Å². The number of carbonyl (C=O) groups excluding carboxylic acids is 1. The molecule has 0 fully saturated rings. The number of furan rings is 1. The van der Waals surface area contributed by atoms with Crippen molar-refractivity contribution < 1.29 is 13.9 Å². The van der Waals surface area contributed by atoms with Crippen LogP contribution >= 0.6 is 0 Å². The first-order valence-electron chi connectivity index (χ1n) is 7.81. The van der Waals surface area contributed by atoms with Crippen LogP contribution in [0.25, 0.3) is 0 Å². The van der Waals surface area contributed by atoms with Crippen molar-refractivity contribution in [2.75, 3.05) is 0 Å². The van der Waals surface area contributed by atoms with Crippen molar-refractivity contribution in [2.24, 2.45) is 0 Å².